The van der Waals surface area contributed by atoms with Crippen LogP contribution in [0.2, 0.25) is 0 Å². The van der Waals surface area contributed by atoms with Gasteiger partial charge in [0.15, 0.2) is 5.82 Å². The number of fused-ring (bicyclic) bond motifs is 15. The molecule has 3 aromatic heterocycles. The molecule has 0 unspecified atom stereocenters. The number of aromatic nitrogens is 3. The summed E-state index contributed by atoms with van der Waals surface area (Å²) in [5.41, 5.74) is 13.5. The van der Waals surface area contributed by atoms with Gasteiger partial charge in [-0.15, -0.1) is 11.3 Å². The lowest BCUT2D eigenvalue weighted by Crippen LogP contribution is -2.01. The average molecular weight is 654 g/mol. The lowest BCUT2D eigenvalue weighted by molar-refractivity contribution is 1.16. The fourth-order valence-electron chi connectivity index (χ4n) is 8.09. The van der Waals surface area contributed by atoms with Crippen LogP contribution in [0.1, 0.15) is 0 Å². The highest BCUT2D eigenvalue weighted by Crippen LogP contribution is 2.47. The molecule has 4 heteroatoms. The maximum Gasteiger partial charge on any atom is 0.159 e. The molecule has 0 bridgehead atoms. The average Bonchev–Trinajstić information content (AvgIpc) is 3.73. The summed E-state index contributed by atoms with van der Waals surface area (Å²) in [5, 5.41) is 5.21. The molecule has 0 radical (unpaired) electrons. The van der Waals surface area contributed by atoms with Crippen molar-refractivity contribution in [3.05, 3.63) is 164 Å². The molecule has 0 spiro atoms. The van der Waals surface area contributed by atoms with Gasteiger partial charge in [-0.05, 0) is 64.2 Å². The van der Waals surface area contributed by atoms with Gasteiger partial charge in [0, 0.05) is 59.5 Å². The number of benzene rings is 7. The fraction of sp³-hybridized carbons (Fsp3) is 0. The molecule has 3 nitrogen and oxygen atoms in total. The van der Waals surface area contributed by atoms with Crippen LogP contribution in [0, 0.1) is 0 Å². The van der Waals surface area contributed by atoms with Crippen molar-refractivity contribution in [2.45, 2.75) is 0 Å². The summed E-state index contributed by atoms with van der Waals surface area (Å²) >= 11 is 1.87. The highest BCUT2D eigenvalue weighted by atomic mass is 32.1. The molecule has 1 aliphatic carbocycles. The predicted molar refractivity (Wildman–Crippen MR) is 210 cm³/mol. The summed E-state index contributed by atoms with van der Waals surface area (Å²) in [6.45, 7) is 0. The molecule has 0 fully saturated rings. The Balaban J connectivity index is 1.14. The van der Waals surface area contributed by atoms with Crippen molar-refractivity contribution in [2.75, 3.05) is 0 Å². The second-order valence-corrected chi connectivity index (χ2v) is 14.0. The second-order valence-electron chi connectivity index (χ2n) is 12.9. The van der Waals surface area contributed by atoms with E-state index in [0.717, 1.165) is 33.6 Å². The van der Waals surface area contributed by atoms with Crippen molar-refractivity contribution in [1.29, 1.82) is 0 Å². The Morgan fingerprint density at radius 2 is 1.06 bits per heavy atom. The van der Waals surface area contributed by atoms with Gasteiger partial charge in [-0.1, -0.05) is 121 Å². The molecule has 0 saturated heterocycles. The summed E-state index contributed by atoms with van der Waals surface area (Å²) in [5.74, 6) is 0.707. The molecule has 7 aromatic carbocycles. The minimum Gasteiger partial charge on any atom is -0.309 e. The fourth-order valence-corrected chi connectivity index (χ4v) is 9.20. The van der Waals surface area contributed by atoms with Crippen LogP contribution >= 0.6 is 11.3 Å². The first-order chi connectivity index (χ1) is 24.8. The van der Waals surface area contributed by atoms with Gasteiger partial charge in [0.2, 0.25) is 0 Å². The highest BCUT2D eigenvalue weighted by molar-refractivity contribution is 7.26. The first kappa shape index (κ1) is 27.6. The van der Waals surface area contributed by atoms with E-state index in [0.29, 0.717) is 5.82 Å². The van der Waals surface area contributed by atoms with E-state index in [-0.39, 0.29) is 0 Å². The molecular weight excluding hydrogens is 627 g/mol. The maximum absolute atomic E-state index is 5.39. The quantitative estimate of drug-likeness (QED) is 0.186. The van der Waals surface area contributed by atoms with E-state index in [1.807, 2.05) is 17.5 Å². The minimum absolute atomic E-state index is 0.707. The zero-order chi connectivity index (χ0) is 32.8. The van der Waals surface area contributed by atoms with Crippen LogP contribution in [0.5, 0.6) is 0 Å². The van der Waals surface area contributed by atoms with E-state index in [9.17, 15) is 0 Å². The molecule has 0 aliphatic heterocycles. The molecule has 232 valence electrons. The van der Waals surface area contributed by atoms with Gasteiger partial charge in [-0.25, -0.2) is 9.97 Å². The van der Waals surface area contributed by atoms with Gasteiger partial charge >= 0.3 is 0 Å². The predicted octanol–water partition coefficient (Wildman–Crippen LogP) is 12.6. The van der Waals surface area contributed by atoms with Crippen LogP contribution in [0.4, 0.5) is 0 Å². The van der Waals surface area contributed by atoms with E-state index < -0.39 is 0 Å². The van der Waals surface area contributed by atoms with Crippen molar-refractivity contribution in [3.63, 3.8) is 0 Å². The molecule has 10 aromatic rings. The summed E-state index contributed by atoms with van der Waals surface area (Å²) < 4.78 is 5.03. The van der Waals surface area contributed by atoms with Crippen molar-refractivity contribution in [2.24, 2.45) is 0 Å². The Hall–Kier alpha value is -6.36. The standard InChI is InChI=1S/C46H27N3S/c1-2-15-31-30(14-1)32-16-3-4-18-34(32)38-27-47-46(48-45(38)35-19-6-5-17-33(31)35)28-12-11-13-29(26-28)49-39-22-9-7-20-36(39)43-40(49)24-25-42-44(43)37-21-8-10-23-41(37)50-42/h1-27H. The van der Waals surface area contributed by atoms with Crippen LogP contribution in [0.3, 0.4) is 0 Å². The second kappa shape index (κ2) is 10.6. The smallest absolute Gasteiger partial charge is 0.159 e. The molecule has 0 N–H and O–H groups in total. The van der Waals surface area contributed by atoms with E-state index >= 15 is 0 Å². The zero-order valence-electron chi connectivity index (χ0n) is 26.8. The SMILES string of the molecule is c1cc(-c2ncc3c(n2)-c2ccccc2-c2ccccc2-c2ccccc2-3)cc(-n2c3ccccc3c3c4c(ccc32)sc2ccccc24)c1. The van der Waals surface area contributed by atoms with Crippen molar-refractivity contribution < 1.29 is 0 Å². The van der Waals surface area contributed by atoms with Gasteiger partial charge in [-0.2, -0.15) is 0 Å². The van der Waals surface area contributed by atoms with Crippen molar-refractivity contribution in [1.82, 2.24) is 14.5 Å². The lowest BCUT2D eigenvalue weighted by Gasteiger charge is -2.22. The van der Waals surface area contributed by atoms with Gasteiger partial charge in [0.1, 0.15) is 0 Å². The largest absolute Gasteiger partial charge is 0.309 e. The topological polar surface area (TPSA) is 30.7 Å². The van der Waals surface area contributed by atoms with Gasteiger partial charge in [0.05, 0.1) is 16.7 Å². The van der Waals surface area contributed by atoms with E-state index in [2.05, 4.69) is 162 Å². The number of hydrogen-bond acceptors (Lipinski definition) is 3. The first-order valence-corrected chi connectivity index (χ1v) is 17.7. The number of hydrogen-bond donors (Lipinski definition) is 0. The molecule has 0 amide bonds. The van der Waals surface area contributed by atoms with E-state index in [1.165, 1.54) is 64.2 Å². The van der Waals surface area contributed by atoms with Gasteiger partial charge in [-0.3, -0.25) is 0 Å². The zero-order valence-corrected chi connectivity index (χ0v) is 27.7. The summed E-state index contributed by atoms with van der Waals surface area (Å²) in [6.07, 6.45) is 2.02. The highest BCUT2D eigenvalue weighted by Gasteiger charge is 2.24. The molecule has 11 rings (SSSR count). The number of thiophene rings is 1. The first-order valence-electron chi connectivity index (χ1n) is 16.9. The van der Waals surface area contributed by atoms with Gasteiger partial charge < -0.3 is 4.57 Å². The Morgan fingerprint density at radius 1 is 0.440 bits per heavy atom. The molecule has 0 atom stereocenters. The number of rotatable bonds is 2. The summed E-state index contributed by atoms with van der Waals surface area (Å²) in [4.78, 5) is 10.5. The monoisotopic (exact) mass is 653 g/mol. The van der Waals surface area contributed by atoms with Crippen molar-refractivity contribution >= 4 is 53.3 Å². The molecular formula is C46H27N3S. The Labute approximate surface area is 292 Å². The van der Waals surface area contributed by atoms with Gasteiger partial charge in [0.25, 0.3) is 0 Å². The minimum atomic E-state index is 0.707. The van der Waals surface area contributed by atoms with Crippen LogP contribution in [0.25, 0.3) is 104 Å². The molecule has 3 heterocycles. The van der Waals surface area contributed by atoms with Crippen molar-refractivity contribution in [3.8, 4) is 61.7 Å². The molecule has 1 aliphatic rings. The normalized spacial score (nSPS) is 12.0. The van der Waals surface area contributed by atoms with E-state index in [4.69, 9.17) is 9.97 Å². The molecule has 0 saturated carbocycles. The third kappa shape index (κ3) is 3.91. The Morgan fingerprint density at radius 3 is 1.82 bits per heavy atom. The molecule has 50 heavy (non-hydrogen) atoms. The number of nitrogens with zero attached hydrogens (tertiary/aromatic N) is 3. The Kier molecular flexibility index (Phi) is 5.83. The summed E-state index contributed by atoms with van der Waals surface area (Å²) in [6, 6.07) is 56.7. The van der Waals surface area contributed by atoms with Crippen LogP contribution < -0.4 is 0 Å². The third-order valence-electron chi connectivity index (χ3n) is 10.2. The van der Waals surface area contributed by atoms with E-state index in [1.54, 1.807) is 0 Å². The Bertz CT molecular complexity index is 3000. The van der Waals surface area contributed by atoms with Crippen LogP contribution in [0.15, 0.2) is 164 Å². The summed E-state index contributed by atoms with van der Waals surface area (Å²) in [7, 11) is 0. The van der Waals surface area contributed by atoms with Crippen LogP contribution in [-0.2, 0) is 0 Å². The maximum atomic E-state index is 5.39. The third-order valence-corrected chi connectivity index (χ3v) is 11.4. The number of para-hydroxylation sites is 1. The lowest BCUT2D eigenvalue weighted by atomic mass is 9.83. The van der Waals surface area contributed by atoms with Crippen LogP contribution in [-0.4, -0.2) is 14.5 Å².